The lowest BCUT2D eigenvalue weighted by Gasteiger charge is -2.36. The van der Waals surface area contributed by atoms with E-state index < -0.39 is 0 Å². The highest BCUT2D eigenvalue weighted by molar-refractivity contribution is 5.80. The first-order chi connectivity index (χ1) is 13.2. The summed E-state index contributed by atoms with van der Waals surface area (Å²) in [7, 11) is 0. The number of amides is 2. The fourth-order valence-electron chi connectivity index (χ4n) is 5.38. The summed E-state index contributed by atoms with van der Waals surface area (Å²) < 4.78 is 0. The van der Waals surface area contributed by atoms with E-state index in [0.717, 1.165) is 57.5 Å². The standard InChI is InChI=1S/C23H40N2O2/c1-2-3-7-18-10-12-19(13-11-18)22(26)24-21-14-16-25(17-15-21)23(27)20-8-5-4-6-9-20/h18-21H,2-17H2,1H3,(H,24,26). The normalized spacial score (nSPS) is 28.1. The van der Waals surface area contributed by atoms with Crippen LogP contribution < -0.4 is 5.32 Å². The molecule has 154 valence electrons. The molecule has 3 rings (SSSR count). The third kappa shape index (κ3) is 5.96. The highest BCUT2D eigenvalue weighted by Crippen LogP contribution is 2.32. The number of hydrogen-bond donors (Lipinski definition) is 1. The summed E-state index contributed by atoms with van der Waals surface area (Å²) in [5.74, 6) is 2.01. The zero-order valence-electron chi connectivity index (χ0n) is 17.4. The van der Waals surface area contributed by atoms with Crippen molar-refractivity contribution in [2.45, 2.75) is 103 Å². The molecule has 1 aliphatic heterocycles. The molecule has 0 aromatic heterocycles. The summed E-state index contributed by atoms with van der Waals surface area (Å²) in [6.07, 6.45) is 16.3. The molecule has 1 N–H and O–H groups in total. The summed E-state index contributed by atoms with van der Waals surface area (Å²) in [6.45, 7) is 3.90. The zero-order valence-corrected chi connectivity index (χ0v) is 17.4. The van der Waals surface area contributed by atoms with Gasteiger partial charge in [0.2, 0.25) is 11.8 Å². The largest absolute Gasteiger partial charge is 0.353 e. The molecule has 0 spiro atoms. The topological polar surface area (TPSA) is 49.4 Å². The number of piperidine rings is 1. The van der Waals surface area contributed by atoms with E-state index in [-0.39, 0.29) is 23.8 Å². The minimum Gasteiger partial charge on any atom is -0.353 e. The molecule has 2 aliphatic carbocycles. The monoisotopic (exact) mass is 376 g/mol. The van der Waals surface area contributed by atoms with Crippen LogP contribution in [0.4, 0.5) is 0 Å². The maximum atomic E-state index is 12.7. The molecule has 1 heterocycles. The van der Waals surface area contributed by atoms with Crippen LogP contribution in [-0.4, -0.2) is 35.8 Å². The molecule has 3 aliphatic rings. The number of nitrogens with zero attached hydrogens (tertiary/aromatic N) is 1. The molecule has 0 radical (unpaired) electrons. The van der Waals surface area contributed by atoms with Crippen LogP contribution in [0.2, 0.25) is 0 Å². The van der Waals surface area contributed by atoms with Crippen LogP contribution in [0.15, 0.2) is 0 Å². The Balaban J connectivity index is 1.35. The Morgan fingerprint density at radius 1 is 0.852 bits per heavy atom. The van der Waals surface area contributed by atoms with Gasteiger partial charge in [-0.1, -0.05) is 45.4 Å². The van der Waals surface area contributed by atoms with Gasteiger partial charge >= 0.3 is 0 Å². The Kier molecular flexibility index (Phi) is 8.02. The van der Waals surface area contributed by atoms with E-state index in [2.05, 4.69) is 17.1 Å². The number of carbonyl (C=O) groups is 2. The predicted octanol–water partition coefficient (Wildman–Crippen LogP) is 4.67. The predicted molar refractivity (Wildman–Crippen MR) is 109 cm³/mol. The number of likely N-dealkylation sites (tertiary alicyclic amines) is 1. The third-order valence-electron chi connectivity index (χ3n) is 7.29. The third-order valence-corrected chi connectivity index (χ3v) is 7.29. The molecule has 0 unspecified atom stereocenters. The molecule has 0 atom stereocenters. The van der Waals surface area contributed by atoms with Crippen molar-refractivity contribution >= 4 is 11.8 Å². The Bertz CT molecular complexity index is 471. The molecule has 27 heavy (non-hydrogen) atoms. The summed E-state index contributed by atoms with van der Waals surface area (Å²) in [5.41, 5.74) is 0. The van der Waals surface area contributed by atoms with Gasteiger partial charge in [-0.15, -0.1) is 0 Å². The lowest BCUT2D eigenvalue weighted by molar-refractivity contribution is -0.137. The second kappa shape index (κ2) is 10.5. The SMILES string of the molecule is CCCCC1CCC(C(=O)NC2CCN(C(=O)C3CCCCC3)CC2)CC1. The van der Waals surface area contributed by atoms with Crippen molar-refractivity contribution in [1.29, 1.82) is 0 Å². The van der Waals surface area contributed by atoms with Gasteiger partial charge in [-0.25, -0.2) is 0 Å². The van der Waals surface area contributed by atoms with Crippen molar-refractivity contribution in [1.82, 2.24) is 10.2 Å². The number of hydrogen-bond acceptors (Lipinski definition) is 2. The van der Waals surface area contributed by atoms with E-state index in [1.165, 1.54) is 51.4 Å². The first-order valence-corrected chi connectivity index (χ1v) is 11.8. The molecule has 4 heteroatoms. The van der Waals surface area contributed by atoms with Gasteiger partial charge in [-0.3, -0.25) is 9.59 Å². The molecular formula is C23H40N2O2. The van der Waals surface area contributed by atoms with Crippen molar-refractivity contribution in [3.8, 4) is 0 Å². The summed E-state index contributed by atoms with van der Waals surface area (Å²) in [5, 5.41) is 3.31. The average Bonchev–Trinajstić information content (AvgIpc) is 2.73. The van der Waals surface area contributed by atoms with Crippen LogP contribution in [0.5, 0.6) is 0 Å². The lowest BCUT2D eigenvalue weighted by Crippen LogP contribution is -2.49. The Hall–Kier alpha value is -1.06. The first kappa shape index (κ1) is 20.7. The molecular weight excluding hydrogens is 336 g/mol. The highest BCUT2D eigenvalue weighted by Gasteiger charge is 2.31. The fraction of sp³-hybridized carbons (Fsp3) is 0.913. The van der Waals surface area contributed by atoms with E-state index in [1.54, 1.807) is 0 Å². The van der Waals surface area contributed by atoms with E-state index in [9.17, 15) is 9.59 Å². The van der Waals surface area contributed by atoms with Gasteiger partial charge in [-0.2, -0.15) is 0 Å². The van der Waals surface area contributed by atoms with Gasteiger partial charge in [0, 0.05) is 31.0 Å². The Morgan fingerprint density at radius 3 is 2.15 bits per heavy atom. The molecule has 3 fully saturated rings. The highest BCUT2D eigenvalue weighted by atomic mass is 16.2. The van der Waals surface area contributed by atoms with Crippen molar-refractivity contribution in [2.24, 2.45) is 17.8 Å². The summed E-state index contributed by atoms with van der Waals surface area (Å²) in [6, 6.07) is 0.269. The maximum Gasteiger partial charge on any atom is 0.225 e. The van der Waals surface area contributed by atoms with Gasteiger partial charge < -0.3 is 10.2 Å². The van der Waals surface area contributed by atoms with Crippen LogP contribution in [-0.2, 0) is 9.59 Å². The smallest absolute Gasteiger partial charge is 0.225 e. The second-order valence-electron chi connectivity index (χ2n) is 9.30. The van der Waals surface area contributed by atoms with E-state index >= 15 is 0 Å². The van der Waals surface area contributed by atoms with Gasteiger partial charge in [0.05, 0.1) is 0 Å². The molecule has 1 saturated heterocycles. The van der Waals surface area contributed by atoms with Gasteiger partial charge in [0.15, 0.2) is 0 Å². The van der Waals surface area contributed by atoms with Crippen LogP contribution in [0.3, 0.4) is 0 Å². The van der Waals surface area contributed by atoms with Crippen LogP contribution >= 0.6 is 0 Å². The van der Waals surface area contributed by atoms with Crippen molar-refractivity contribution in [2.75, 3.05) is 13.1 Å². The average molecular weight is 377 g/mol. The lowest BCUT2D eigenvalue weighted by atomic mass is 9.79. The first-order valence-electron chi connectivity index (χ1n) is 11.8. The molecule has 0 aromatic carbocycles. The number of nitrogens with one attached hydrogen (secondary N) is 1. The van der Waals surface area contributed by atoms with Crippen LogP contribution in [0.1, 0.15) is 96.8 Å². The fourth-order valence-corrected chi connectivity index (χ4v) is 5.38. The summed E-state index contributed by atoms with van der Waals surface area (Å²) >= 11 is 0. The van der Waals surface area contributed by atoms with E-state index in [4.69, 9.17) is 0 Å². The van der Waals surface area contributed by atoms with Crippen molar-refractivity contribution < 1.29 is 9.59 Å². The number of unbranched alkanes of at least 4 members (excludes halogenated alkanes) is 1. The molecule has 4 nitrogen and oxygen atoms in total. The summed E-state index contributed by atoms with van der Waals surface area (Å²) in [4.78, 5) is 27.4. The number of rotatable bonds is 6. The van der Waals surface area contributed by atoms with Gasteiger partial charge in [-0.05, 0) is 57.3 Å². The quantitative estimate of drug-likeness (QED) is 0.732. The van der Waals surface area contributed by atoms with Crippen molar-refractivity contribution in [3.63, 3.8) is 0 Å². The molecule has 2 amide bonds. The van der Waals surface area contributed by atoms with E-state index in [1.807, 2.05) is 0 Å². The molecule has 0 aromatic rings. The Morgan fingerprint density at radius 2 is 1.52 bits per heavy atom. The van der Waals surface area contributed by atoms with Crippen molar-refractivity contribution in [3.05, 3.63) is 0 Å². The molecule has 2 saturated carbocycles. The minimum atomic E-state index is 0.227. The molecule has 0 bridgehead atoms. The number of carbonyl (C=O) groups excluding carboxylic acids is 2. The Labute approximate surface area is 165 Å². The maximum absolute atomic E-state index is 12.7. The van der Waals surface area contributed by atoms with Gasteiger partial charge in [0.1, 0.15) is 0 Å². The minimum absolute atomic E-state index is 0.227. The van der Waals surface area contributed by atoms with Crippen LogP contribution in [0, 0.1) is 17.8 Å². The van der Waals surface area contributed by atoms with E-state index in [0.29, 0.717) is 5.91 Å². The van der Waals surface area contributed by atoms with Gasteiger partial charge in [0.25, 0.3) is 0 Å². The zero-order chi connectivity index (χ0) is 19.1. The van der Waals surface area contributed by atoms with Crippen LogP contribution in [0.25, 0.3) is 0 Å². The second-order valence-corrected chi connectivity index (χ2v) is 9.30.